The summed E-state index contributed by atoms with van der Waals surface area (Å²) in [5.41, 5.74) is 0. The molecule has 2 aliphatic rings. The van der Waals surface area contributed by atoms with Crippen molar-refractivity contribution in [3.05, 3.63) is 0 Å². The van der Waals surface area contributed by atoms with Gasteiger partial charge >= 0.3 is 0 Å². The van der Waals surface area contributed by atoms with Gasteiger partial charge in [-0.25, -0.2) is 0 Å². The van der Waals surface area contributed by atoms with Crippen LogP contribution in [0.3, 0.4) is 0 Å². The molecule has 1 saturated heterocycles. The average Bonchev–Trinajstić information content (AvgIpc) is 3.03. The zero-order valence-corrected chi connectivity index (χ0v) is 11.8. The van der Waals surface area contributed by atoms with Gasteiger partial charge in [0.1, 0.15) is 0 Å². The second-order valence-corrected chi connectivity index (χ2v) is 6.17. The first-order valence-corrected chi connectivity index (χ1v) is 7.29. The van der Waals surface area contributed by atoms with E-state index in [0.717, 1.165) is 18.0 Å². The Morgan fingerprint density at radius 2 is 2.06 bits per heavy atom. The van der Waals surface area contributed by atoms with E-state index in [1.165, 1.54) is 51.9 Å². The largest absolute Gasteiger partial charge is 0.313 e. The van der Waals surface area contributed by atoms with Gasteiger partial charge in [-0.15, -0.1) is 0 Å². The molecule has 0 aromatic rings. The normalized spacial score (nSPS) is 27.9. The van der Waals surface area contributed by atoms with Crippen LogP contribution < -0.4 is 5.32 Å². The molecular weight excluding hydrogens is 210 g/mol. The smallest absolute Gasteiger partial charge is 0.0223 e. The summed E-state index contributed by atoms with van der Waals surface area (Å²) in [5, 5.41) is 3.69. The molecule has 2 fully saturated rings. The summed E-state index contributed by atoms with van der Waals surface area (Å²) >= 11 is 0. The minimum absolute atomic E-state index is 0.741. The maximum absolute atomic E-state index is 3.69. The number of hydrogen-bond donors (Lipinski definition) is 1. The van der Waals surface area contributed by atoms with E-state index in [9.17, 15) is 0 Å². The molecule has 17 heavy (non-hydrogen) atoms. The lowest BCUT2D eigenvalue weighted by molar-refractivity contribution is 0.206. The van der Waals surface area contributed by atoms with Gasteiger partial charge in [0.25, 0.3) is 0 Å². The SMILES string of the molecule is CC(NCCN1CCCC1CN(C)C)C1CC1. The highest BCUT2D eigenvalue weighted by molar-refractivity contribution is 4.85. The van der Waals surface area contributed by atoms with Crippen molar-refractivity contribution in [2.24, 2.45) is 5.92 Å². The summed E-state index contributed by atoms with van der Waals surface area (Å²) in [6, 6.07) is 1.54. The van der Waals surface area contributed by atoms with Gasteiger partial charge in [-0.3, -0.25) is 4.90 Å². The van der Waals surface area contributed by atoms with Crippen molar-refractivity contribution < 1.29 is 0 Å². The van der Waals surface area contributed by atoms with E-state index >= 15 is 0 Å². The van der Waals surface area contributed by atoms with Crippen molar-refractivity contribution >= 4 is 0 Å². The molecule has 0 radical (unpaired) electrons. The molecule has 2 atom stereocenters. The minimum Gasteiger partial charge on any atom is -0.313 e. The van der Waals surface area contributed by atoms with Crippen LogP contribution in [-0.4, -0.2) is 62.2 Å². The van der Waals surface area contributed by atoms with E-state index in [2.05, 4.69) is 36.1 Å². The third-order valence-electron chi connectivity index (χ3n) is 4.27. The number of likely N-dealkylation sites (N-methyl/N-ethyl adjacent to an activating group) is 1. The van der Waals surface area contributed by atoms with Gasteiger partial charge in [0, 0.05) is 31.7 Å². The van der Waals surface area contributed by atoms with Crippen molar-refractivity contribution in [2.75, 3.05) is 40.3 Å². The molecule has 1 aliphatic carbocycles. The number of nitrogens with zero attached hydrogens (tertiary/aromatic N) is 2. The van der Waals surface area contributed by atoms with E-state index in [-0.39, 0.29) is 0 Å². The van der Waals surface area contributed by atoms with Gasteiger partial charge in [0.2, 0.25) is 0 Å². The summed E-state index contributed by atoms with van der Waals surface area (Å²) < 4.78 is 0. The molecular formula is C14H29N3. The molecule has 3 heteroatoms. The van der Waals surface area contributed by atoms with E-state index < -0.39 is 0 Å². The van der Waals surface area contributed by atoms with E-state index in [1.54, 1.807) is 0 Å². The van der Waals surface area contributed by atoms with Crippen LogP contribution in [0.4, 0.5) is 0 Å². The van der Waals surface area contributed by atoms with Crippen LogP contribution in [0.2, 0.25) is 0 Å². The lowest BCUT2D eigenvalue weighted by atomic mass is 10.2. The lowest BCUT2D eigenvalue weighted by Crippen LogP contribution is -2.42. The number of likely N-dealkylation sites (tertiary alicyclic amines) is 1. The Labute approximate surface area is 107 Å². The van der Waals surface area contributed by atoms with Crippen molar-refractivity contribution in [3.63, 3.8) is 0 Å². The minimum atomic E-state index is 0.741. The Morgan fingerprint density at radius 1 is 1.29 bits per heavy atom. The molecule has 1 saturated carbocycles. The maximum Gasteiger partial charge on any atom is 0.0223 e. The maximum atomic E-state index is 3.69. The third-order valence-corrected chi connectivity index (χ3v) is 4.27. The summed E-state index contributed by atoms with van der Waals surface area (Å²) in [5.74, 6) is 0.978. The van der Waals surface area contributed by atoms with Crippen LogP contribution in [0, 0.1) is 5.92 Å². The molecule has 0 bridgehead atoms. The zero-order chi connectivity index (χ0) is 12.3. The van der Waals surface area contributed by atoms with Gasteiger partial charge in [-0.2, -0.15) is 0 Å². The molecule has 1 aliphatic heterocycles. The lowest BCUT2D eigenvalue weighted by Gasteiger charge is -2.27. The summed E-state index contributed by atoms with van der Waals surface area (Å²) in [6.07, 6.45) is 5.66. The van der Waals surface area contributed by atoms with E-state index in [4.69, 9.17) is 0 Å². The van der Waals surface area contributed by atoms with Crippen molar-refractivity contribution in [3.8, 4) is 0 Å². The molecule has 0 amide bonds. The topological polar surface area (TPSA) is 18.5 Å². The predicted octanol–water partition coefficient (Wildman–Crippen LogP) is 1.40. The second-order valence-electron chi connectivity index (χ2n) is 6.17. The monoisotopic (exact) mass is 239 g/mol. The first-order valence-electron chi connectivity index (χ1n) is 7.29. The molecule has 1 N–H and O–H groups in total. The molecule has 0 aromatic heterocycles. The number of nitrogens with one attached hydrogen (secondary N) is 1. The zero-order valence-electron chi connectivity index (χ0n) is 11.8. The van der Waals surface area contributed by atoms with Gasteiger partial charge < -0.3 is 10.2 Å². The Bertz CT molecular complexity index is 226. The fourth-order valence-electron chi connectivity index (χ4n) is 3.02. The van der Waals surface area contributed by atoms with Gasteiger partial charge in [-0.05, 0) is 59.2 Å². The van der Waals surface area contributed by atoms with Crippen LogP contribution in [0.25, 0.3) is 0 Å². The Hall–Kier alpha value is -0.120. The summed E-state index contributed by atoms with van der Waals surface area (Å²) in [4.78, 5) is 5.00. The highest BCUT2D eigenvalue weighted by Crippen LogP contribution is 2.32. The Morgan fingerprint density at radius 3 is 2.71 bits per heavy atom. The number of hydrogen-bond acceptors (Lipinski definition) is 3. The van der Waals surface area contributed by atoms with Gasteiger partial charge in [0.15, 0.2) is 0 Å². The first kappa shape index (κ1) is 13.3. The summed E-state index contributed by atoms with van der Waals surface area (Å²) in [6.45, 7) is 7.27. The number of rotatable bonds is 7. The highest BCUT2D eigenvalue weighted by Gasteiger charge is 2.28. The molecule has 1 heterocycles. The standard InChI is InChI=1S/C14H29N3/c1-12(13-6-7-13)15-8-10-17-9-4-5-14(17)11-16(2)3/h12-15H,4-11H2,1-3H3. The van der Waals surface area contributed by atoms with Gasteiger partial charge in [0.05, 0.1) is 0 Å². The van der Waals surface area contributed by atoms with Crippen molar-refractivity contribution in [1.82, 2.24) is 15.1 Å². The van der Waals surface area contributed by atoms with Gasteiger partial charge in [-0.1, -0.05) is 0 Å². The molecule has 2 unspecified atom stereocenters. The molecule has 0 aromatic carbocycles. The van der Waals surface area contributed by atoms with Crippen molar-refractivity contribution in [1.29, 1.82) is 0 Å². The highest BCUT2D eigenvalue weighted by atomic mass is 15.2. The average molecular weight is 239 g/mol. The molecule has 3 nitrogen and oxygen atoms in total. The quantitative estimate of drug-likeness (QED) is 0.724. The summed E-state index contributed by atoms with van der Waals surface area (Å²) in [7, 11) is 4.37. The van der Waals surface area contributed by atoms with E-state index in [1.807, 2.05) is 0 Å². The van der Waals surface area contributed by atoms with Crippen LogP contribution in [0.15, 0.2) is 0 Å². The Balaban J connectivity index is 1.63. The van der Waals surface area contributed by atoms with Crippen LogP contribution >= 0.6 is 0 Å². The van der Waals surface area contributed by atoms with E-state index in [0.29, 0.717) is 0 Å². The van der Waals surface area contributed by atoms with Crippen molar-refractivity contribution in [2.45, 2.75) is 44.7 Å². The predicted molar refractivity (Wildman–Crippen MR) is 73.3 cm³/mol. The molecule has 100 valence electrons. The first-order chi connectivity index (χ1) is 8.16. The van der Waals surface area contributed by atoms with Crippen LogP contribution in [0.1, 0.15) is 32.6 Å². The third kappa shape index (κ3) is 4.23. The second kappa shape index (κ2) is 6.17. The molecule has 0 spiro atoms. The Kier molecular flexibility index (Phi) is 4.83. The fourth-order valence-corrected chi connectivity index (χ4v) is 3.02. The fraction of sp³-hybridized carbons (Fsp3) is 1.00. The molecule has 2 rings (SSSR count). The van der Waals surface area contributed by atoms with Crippen LogP contribution in [0.5, 0.6) is 0 Å². The van der Waals surface area contributed by atoms with Crippen LogP contribution in [-0.2, 0) is 0 Å².